The number of esters is 2. The average molecular weight is 352 g/mol. The van der Waals surface area contributed by atoms with E-state index in [1.54, 1.807) is 0 Å². The molecular formula is C22H24O4. The zero-order valence-electron chi connectivity index (χ0n) is 15.9. The van der Waals surface area contributed by atoms with Gasteiger partial charge in [-0.05, 0) is 52.8 Å². The summed E-state index contributed by atoms with van der Waals surface area (Å²) in [5, 5.41) is 0. The maximum Gasteiger partial charge on any atom is 0.308 e. The Morgan fingerprint density at radius 3 is 1.92 bits per heavy atom. The number of hydrogen-bond acceptors (Lipinski definition) is 4. The highest BCUT2D eigenvalue weighted by Crippen LogP contribution is 2.53. The summed E-state index contributed by atoms with van der Waals surface area (Å²) >= 11 is 0. The molecule has 0 radical (unpaired) electrons. The highest BCUT2D eigenvalue weighted by Gasteiger charge is 2.45. The monoisotopic (exact) mass is 352 g/mol. The number of rotatable bonds is 3. The van der Waals surface area contributed by atoms with Gasteiger partial charge >= 0.3 is 11.9 Å². The van der Waals surface area contributed by atoms with Crippen LogP contribution in [0, 0.1) is 0 Å². The van der Waals surface area contributed by atoms with Crippen molar-refractivity contribution >= 4 is 11.9 Å². The Hall–Kier alpha value is -2.62. The number of benzene rings is 2. The first-order valence-electron chi connectivity index (χ1n) is 8.74. The first kappa shape index (κ1) is 18.2. The van der Waals surface area contributed by atoms with Crippen LogP contribution in [0.1, 0.15) is 57.7 Å². The predicted molar refractivity (Wildman–Crippen MR) is 99.6 cm³/mol. The van der Waals surface area contributed by atoms with Crippen molar-refractivity contribution in [2.75, 3.05) is 0 Å². The standard InChI is InChI=1S/C22H24O4/c1-14(23)25-17-8-6-16(7-9-17)22(5)13-21(3,4)19-11-10-18(12-20(19)22)26-15(2)24/h6-12H,13H2,1-5H3/t22-/m0/s1. The minimum absolute atomic E-state index is 0.00733. The van der Waals surface area contributed by atoms with E-state index in [9.17, 15) is 9.59 Å². The molecule has 0 spiro atoms. The van der Waals surface area contributed by atoms with Crippen molar-refractivity contribution in [3.8, 4) is 11.5 Å². The number of carbonyl (C=O) groups is 2. The smallest absolute Gasteiger partial charge is 0.308 e. The zero-order chi connectivity index (χ0) is 19.1. The SMILES string of the molecule is CC(=O)Oc1ccc([C@]2(C)CC(C)(C)c3ccc(OC(C)=O)cc32)cc1. The maximum atomic E-state index is 11.3. The highest BCUT2D eigenvalue weighted by atomic mass is 16.5. The van der Waals surface area contributed by atoms with E-state index in [1.165, 1.54) is 25.0 Å². The molecule has 2 aromatic rings. The van der Waals surface area contributed by atoms with Gasteiger partial charge in [-0.15, -0.1) is 0 Å². The van der Waals surface area contributed by atoms with Gasteiger partial charge in [0.15, 0.2) is 0 Å². The van der Waals surface area contributed by atoms with E-state index in [-0.39, 0.29) is 22.8 Å². The van der Waals surface area contributed by atoms with Crippen molar-refractivity contribution in [2.45, 2.75) is 51.9 Å². The number of fused-ring (bicyclic) bond motifs is 1. The van der Waals surface area contributed by atoms with Crippen molar-refractivity contribution in [1.82, 2.24) is 0 Å². The van der Waals surface area contributed by atoms with Crippen LogP contribution in [0.5, 0.6) is 11.5 Å². The first-order chi connectivity index (χ1) is 12.1. The summed E-state index contributed by atoms with van der Waals surface area (Å²) in [5.74, 6) is 0.449. The molecule has 0 bridgehead atoms. The van der Waals surface area contributed by atoms with E-state index in [0.29, 0.717) is 11.5 Å². The molecule has 1 aliphatic rings. The third kappa shape index (κ3) is 3.24. The van der Waals surface area contributed by atoms with Crippen molar-refractivity contribution in [3.05, 3.63) is 59.2 Å². The van der Waals surface area contributed by atoms with E-state index in [0.717, 1.165) is 12.0 Å². The van der Waals surface area contributed by atoms with E-state index in [2.05, 4.69) is 26.8 Å². The molecule has 136 valence electrons. The van der Waals surface area contributed by atoms with Crippen molar-refractivity contribution < 1.29 is 19.1 Å². The summed E-state index contributed by atoms with van der Waals surface area (Å²) in [6, 6.07) is 13.5. The largest absolute Gasteiger partial charge is 0.427 e. The number of ether oxygens (including phenoxy) is 2. The Morgan fingerprint density at radius 2 is 1.35 bits per heavy atom. The van der Waals surface area contributed by atoms with Gasteiger partial charge in [0.05, 0.1) is 0 Å². The lowest BCUT2D eigenvalue weighted by atomic mass is 9.75. The fourth-order valence-corrected chi connectivity index (χ4v) is 4.19. The molecule has 0 saturated heterocycles. The molecular weight excluding hydrogens is 328 g/mol. The Labute approximate surface area is 154 Å². The van der Waals surface area contributed by atoms with Crippen LogP contribution < -0.4 is 9.47 Å². The second-order valence-electron chi connectivity index (χ2n) is 7.81. The predicted octanol–water partition coefficient (Wildman–Crippen LogP) is 4.52. The van der Waals surface area contributed by atoms with Crippen LogP contribution in [0.25, 0.3) is 0 Å². The summed E-state index contributed by atoms with van der Waals surface area (Å²) in [6.07, 6.45) is 0.936. The lowest BCUT2D eigenvalue weighted by Crippen LogP contribution is -2.23. The van der Waals surface area contributed by atoms with Crippen LogP contribution in [-0.4, -0.2) is 11.9 Å². The highest BCUT2D eigenvalue weighted by molar-refractivity contribution is 5.70. The summed E-state index contributed by atoms with van der Waals surface area (Å²) in [4.78, 5) is 22.5. The summed E-state index contributed by atoms with van der Waals surface area (Å²) in [5.41, 5.74) is 3.36. The van der Waals surface area contributed by atoms with Gasteiger partial charge in [-0.2, -0.15) is 0 Å². The normalized spacial score (nSPS) is 20.3. The lowest BCUT2D eigenvalue weighted by molar-refractivity contribution is -0.132. The fraction of sp³-hybridized carbons (Fsp3) is 0.364. The molecule has 26 heavy (non-hydrogen) atoms. The molecule has 0 heterocycles. The van der Waals surface area contributed by atoms with Gasteiger partial charge in [0.25, 0.3) is 0 Å². The molecule has 4 heteroatoms. The molecule has 0 fully saturated rings. The molecule has 1 aliphatic carbocycles. The average Bonchev–Trinajstić information content (AvgIpc) is 2.74. The molecule has 0 unspecified atom stereocenters. The Kier molecular flexibility index (Phi) is 4.39. The van der Waals surface area contributed by atoms with Crippen LogP contribution >= 0.6 is 0 Å². The Bertz CT molecular complexity index is 864. The molecule has 0 aromatic heterocycles. The van der Waals surface area contributed by atoms with Crippen LogP contribution in [0.3, 0.4) is 0 Å². The van der Waals surface area contributed by atoms with Crippen molar-refractivity contribution in [3.63, 3.8) is 0 Å². The Balaban J connectivity index is 2.05. The molecule has 0 amide bonds. The van der Waals surface area contributed by atoms with E-state index in [4.69, 9.17) is 9.47 Å². The van der Waals surface area contributed by atoms with Gasteiger partial charge in [0.2, 0.25) is 0 Å². The van der Waals surface area contributed by atoms with Gasteiger partial charge < -0.3 is 9.47 Å². The molecule has 2 aromatic carbocycles. The Morgan fingerprint density at radius 1 is 0.808 bits per heavy atom. The third-order valence-corrected chi connectivity index (χ3v) is 5.12. The summed E-state index contributed by atoms with van der Waals surface area (Å²) < 4.78 is 10.4. The topological polar surface area (TPSA) is 52.6 Å². The minimum atomic E-state index is -0.331. The zero-order valence-corrected chi connectivity index (χ0v) is 15.9. The lowest BCUT2D eigenvalue weighted by Gasteiger charge is -2.28. The third-order valence-electron chi connectivity index (χ3n) is 5.12. The first-order valence-corrected chi connectivity index (χ1v) is 8.74. The van der Waals surface area contributed by atoms with E-state index in [1.807, 2.05) is 36.4 Å². The van der Waals surface area contributed by atoms with Crippen molar-refractivity contribution in [2.24, 2.45) is 0 Å². The van der Waals surface area contributed by atoms with Gasteiger partial charge in [-0.1, -0.05) is 39.0 Å². The second kappa shape index (κ2) is 6.27. The molecule has 1 atom stereocenters. The molecule has 4 nitrogen and oxygen atoms in total. The summed E-state index contributed by atoms with van der Waals surface area (Å²) in [7, 11) is 0. The van der Waals surface area contributed by atoms with E-state index < -0.39 is 0 Å². The molecule has 0 saturated carbocycles. The van der Waals surface area contributed by atoms with Crippen LogP contribution in [0.2, 0.25) is 0 Å². The van der Waals surface area contributed by atoms with Crippen molar-refractivity contribution in [1.29, 1.82) is 0 Å². The van der Waals surface area contributed by atoms with Crippen LogP contribution in [0.15, 0.2) is 42.5 Å². The van der Waals surface area contributed by atoms with Gasteiger partial charge in [-0.25, -0.2) is 0 Å². The van der Waals surface area contributed by atoms with E-state index >= 15 is 0 Å². The minimum Gasteiger partial charge on any atom is -0.427 e. The molecule has 0 aliphatic heterocycles. The van der Waals surface area contributed by atoms with Gasteiger partial charge in [0, 0.05) is 19.3 Å². The van der Waals surface area contributed by atoms with Crippen LogP contribution in [-0.2, 0) is 20.4 Å². The molecule has 3 rings (SSSR count). The second-order valence-corrected chi connectivity index (χ2v) is 7.81. The quantitative estimate of drug-likeness (QED) is 0.602. The number of carbonyl (C=O) groups excluding carboxylic acids is 2. The van der Waals surface area contributed by atoms with Crippen LogP contribution in [0.4, 0.5) is 0 Å². The summed E-state index contributed by atoms with van der Waals surface area (Å²) in [6.45, 7) is 9.47. The van der Waals surface area contributed by atoms with Gasteiger partial charge in [-0.3, -0.25) is 9.59 Å². The fourth-order valence-electron chi connectivity index (χ4n) is 4.19. The van der Waals surface area contributed by atoms with Gasteiger partial charge in [0.1, 0.15) is 11.5 Å². The molecule has 0 N–H and O–H groups in total. The maximum absolute atomic E-state index is 11.3. The number of hydrogen-bond donors (Lipinski definition) is 0.